The van der Waals surface area contributed by atoms with Crippen molar-refractivity contribution in [3.05, 3.63) is 72.3 Å². The van der Waals surface area contributed by atoms with Crippen LogP contribution in [0.15, 0.2) is 76.7 Å². The number of carbonyl (C=O) groups is 2. The van der Waals surface area contributed by atoms with Gasteiger partial charge < -0.3 is 23.7 Å². The first-order valence-electron chi connectivity index (χ1n) is 12.3. The number of methoxy groups -OCH3 is 3. The predicted molar refractivity (Wildman–Crippen MR) is 151 cm³/mol. The average Bonchev–Trinajstić information content (AvgIpc) is 2.99. The van der Waals surface area contributed by atoms with Gasteiger partial charge in [0.1, 0.15) is 18.0 Å². The summed E-state index contributed by atoms with van der Waals surface area (Å²) in [4.78, 5) is 24.1. The Balaban J connectivity index is 1.82. The van der Waals surface area contributed by atoms with Crippen LogP contribution >= 0.6 is 0 Å². The highest BCUT2D eigenvalue weighted by Gasteiger charge is 2.28. The average molecular weight is 586 g/mol. The quantitative estimate of drug-likeness (QED) is 0.172. The van der Waals surface area contributed by atoms with Crippen molar-refractivity contribution in [2.45, 2.75) is 11.8 Å². The van der Waals surface area contributed by atoms with E-state index in [0.29, 0.717) is 29.4 Å². The molecule has 0 unspecified atom stereocenters. The molecule has 0 spiro atoms. The highest BCUT2D eigenvalue weighted by atomic mass is 32.2. The third-order valence-electron chi connectivity index (χ3n) is 5.51. The zero-order chi connectivity index (χ0) is 29.8. The fourth-order valence-electron chi connectivity index (χ4n) is 3.52. The van der Waals surface area contributed by atoms with Gasteiger partial charge in [0.2, 0.25) is 0 Å². The lowest BCUT2D eigenvalue weighted by atomic mass is 10.2. The molecule has 1 N–H and O–H groups in total. The number of sulfonamides is 1. The number of rotatable bonds is 14. The third-order valence-corrected chi connectivity index (χ3v) is 7.28. The number of benzene rings is 3. The van der Waals surface area contributed by atoms with Gasteiger partial charge in [-0.1, -0.05) is 12.1 Å². The van der Waals surface area contributed by atoms with E-state index in [1.165, 1.54) is 45.7 Å². The molecule has 0 radical (unpaired) electrons. The van der Waals surface area contributed by atoms with Crippen LogP contribution in [0.1, 0.15) is 12.5 Å². The van der Waals surface area contributed by atoms with Crippen LogP contribution in [0.4, 0.5) is 5.69 Å². The Hall–Kier alpha value is -4.78. The van der Waals surface area contributed by atoms with Crippen LogP contribution in [0.3, 0.4) is 0 Å². The maximum atomic E-state index is 13.7. The van der Waals surface area contributed by atoms with E-state index in [9.17, 15) is 18.0 Å². The molecule has 3 rings (SSSR count). The Morgan fingerprint density at radius 2 is 1.63 bits per heavy atom. The Bertz CT molecular complexity index is 1480. The molecule has 218 valence electrons. The van der Waals surface area contributed by atoms with E-state index in [-0.39, 0.29) is 22.9 Å². The SMILES string of the molecule is CCOc1ccc(N(CC(=O)N/N=C\c2cccc(OCC(=O)OC)c2)S(=O)(=O)c2ccc(OC)c(OC)c2)cc1. The second-order valence-corrected chi connectivity index (χ2v) is 10.0. The van der Waals surface area contributed by atoms with Crippen LogP contribution in [-0.4, -0.2) is 67.6 Å². The summed E-state index contributed by atoms with van der Waals surface area (Å²) >= 11 is 0. The van der Waals surface area contributed by atoms with Crippen molar-refractivity contribution >= 4 is 33.8 Å². The van der Waals surface area contributed by atoms with Crippen molar-refractivity contribution in [3.63, 3.8) is 0 Å². The molecule has 0 fully saturated rings. The summed E-state index contributed by atoms with van der Waals surface area (Å²) in [5.74, 6) is 0.284. The van der Waals surface area contributed by atoms with Gasteiger partial charge in [0.15, 0.2) is 18.1 Å². The highest BCUT2D eigenvalue weighted by molar-refractivity contribution is 7.92. The second kappa shape index (κ2) is 14.6. The lowest BCUT2D eigenvalue weighted by Gasteiger charge is -2.24. The van der Waals surface area contributed by atoms with Gasteiger partial charge in [0, 0.05) is 6.07 Å². The van der Waals surface area contributed by atoms with Crippen LogP contribution in [0.5, 0.6) is 23.0 Å². The Morgan fingerprint density at radius 1 is 0.902 bits per heavy atom. The van der Waals surface area contributed by atoms with Gasteiger partial charge in [-0.05, 0) is 61.0 Å². The van der Waals surface area contributed by atoms with Crippen LogP contribution in [0.25, 0.3) is 0 Å². The smallest absolute Gasteiger partial charge is 0.343 e. The molecule has 13 heteroatoms. The summed E-state index contributed by atoms with van der Waals surface area (Å²) in [6.07, 6.45) is 1.35. The molecule has 0 saturated carbocycles. The summed E-state index contributed by atoms with van der Waals surface area (Å²) in [6.45, 7) is 1.43. The van der Waals surface area contributed by atoms with E-state index < -0.39 is 28.4 Å². The highest BCUT2D eigenvalue weighted by Crippen LogP contribution is 2.32. The van der Waals surface area contributed by atoms with E-state index in [4.69, 9.17) is 18.9 Å². The molecule has 3 aromatic rings. The van der Waals surface area contributed by atoms with Gasteiger partial charge in [0.25, 0.3) is 15.9 Å². The minimum atomic E-state index is -4.24. The summed E-state index contributed by atoms with van der Waals surface area (Å²) in [6, 6.07) is 17.1. The molecule has 0 heterocycles. The zero-order valence-electron chi connectivity index (χ0n) is 23.0. The van der Waals surface area contributed by atoms with Crippen LogP contribution in [0, 0.1) is 0 Å². The first kappa shape index (κ1) is 30.8. The minimum absolute atomic E-state index is 0.107. The maximum Gasteiger partial charge on any atom is 0.343 e. The van der Waals surface area contributed by atoms with Crippen molar-refractivity contribution in [1.82, 2.24) is 5.43 Å². The van der Waals surface area contributed by atoms with Gasteiger partial charge in [-0.2, -0.15) is 5.10 Å². The van der Waals surface area contributed by atoms with Crippen molar-refractivity contribution in [2.24, 2.45) is 5.10 Å². The van der Waals surface area contributed by atoms with E-state index >= 15 is 0 Å². The Kier molecular flexibility index (Phi) is 10.9. The number of ether oxygens (including phenoxy) is 5. The van der Waals surface area contributed by atoms with Crippen LogP contribution in [-0.2, 0) is 24.3 Å². The number of hydrogen-bond acceptors (Lipinski definition) is 10. The summed E-state index contributed by atoms with van der Waals surface area (Å²) < 4.78 is 54.3. The number of hydrogen-bond donors (Lipinski definition) is 1. The van der Waals surface area contributed by atoms with E-state index in [2.05, 4.69) is 15.3 Å². The molecule has 1 amide bonds. The Labute approximate surface area is 238 Å². The van der Waals surface area contributed by atoms with Crippen molar-refractivity contribution < 1.29 is 41.7 Å². The normalized spacial score (nSPS) is 11.0. The number of hydrazone groups is 1. The molecule has 0 saturated heterocycles. The molecule has 0 bridgehead atoms. The van der Waals surface area contributed by atoms with Gasteiger partial charge in [-0.3, -0.25) is 9.10 Å². The zero-order valence-corrected chi connectivity index (χ0v) is 23.8. The first-order valence-corrected chi connectivity index (χ1v) is 13.7. The second-order valence-electron chi connectivity index (χ2n) is 8.19. The maximum absolute atomic E-state index is 13.7. The molecule has 41 heavy (non-hydrogen) atoms. The summed E-state index contributed by atoms with van der Waals surface area (Å²) in [5.41, 5.74) is 3.14. The van der Waals surface area contributed by atoms with E-state index in [1.807, 2.05) is 6.92 Å². The van der Waals surface area contributed by atoms with Gasteiger partial charge in [-0.15, -0.1) is 0 Å². The van der Waals surface area contributed by atoms with Crippen LogP contribution < -0.4 is 28.7 Å². The molecule has 0 aromatic heterocycles. The molecule has 3 aromatic carbocycles. The predicted octanol–water partition coefficient (Wildman–Crippen LogP) is 3.00. The standard InChI is InChI=1S/C28H31N3O9S/c1-5-39-22-11-9-21(10-12-22)31(41(34,35)24-13-14-25(36-2)26(16-24)37-3)18-27(32)30-29-17-20-7-6-8-23(15-20)40-19-28(33)38-4/h6-17H,5,18-19H2,1-4H3,(H,30,32)/b29-17-. The molecule has 0 aliphatic heterocycles. The lowest BCUT2D eigenvalue weighted by molar-refractivity contribution is -0.142. The number of nitrogens with zero attached hydrogens (tertiary/aromatic N) is 2. The molecule has 0 atom stereocenters. The van der Waals surface area contributed by atoms with Crippen molar-refractivity contribution in [3.8, 4) is 23.0 Å². The fourth-order valence-corrected chi connectivity index (χ4v) is 4.96. The number of carbonyl (C=O) groups excluding carboxylic acids is 2. The van der Waals surface area contributed by atoms with Crippen molar-refractivity contribution in [1.29, 1.82) is 0 Å². The van der Waals surface area contributed by atoms with Gasteiger partial charge >= 0.3 is 5.97 Å². The molecular formula is C28H31N3O9S. The fraction of sp³-hybridized carbons (Fsp3) is 0.250. The van der Waals surface area contributed by atoms with E-state index in [1.54, 1.807) is 48.5 Å². The van der Waals surface area contributed by atoms with E-state index in [0.717, 1.165) is 4.31 Å². The topological polar surface area (TPSA) is 142 Å². The largest absolute Gasteiger partial charge is 0.494 e. The lowest BCUT2D eigenvalue weighted by Crippen LogP contribution is -2.39. The Morgan fingerprint density at radius 3 is 2.29 bits per heavy atom. The summed E-state index contributed by atoms with van der Waals surface area (Å²) in [7, 11) is -0.150. The molecule has 12 nitrogen and oxygen atoms in total. The first-order chi connectivity index (χ1) is 19.7. The minimum Gasteiger partial charge on any atom is -0.494 e. The number of esters is 1. The van der Waals surface area contributed by atoms with Gasteiger partial charge in [-0.25, -0.2) is 18.6 Å². The summed E-state index contributed by atoms with van der Waals surface area (Å²) in [5, 5.41) is 3.93. The number of amides is 1. The molecular weight excluding hydrogens is 554 g/mol. The van der Waals surface area contributed by atoms with Crippen LogP contribution in [0.2, 0.25) is 0 Å². The monoisotopic (exact) mass is 585 g/mol. The number of anilines is 1. The van der Waals surface area contributed by atoms with Gasteiger partial charge in [0.05, 0.1) is 44.7 Å². The molecule has 0 aliphatic carbocycles. The third kappa shape index (κ3) is 8.35. The molecule has 0 aliphatic rings. The number of nitrogens with one attached hydrogen (secondary N) is 1. The van der Waals surface area contributed by atoms with Crippen molar-refractivity contribution in [2.75, 3.05) is 45.4 Å².